The highest BCUT2D eigenvalue weighted by Gasteiger charge is 2.40. The van der Waals surface area contributed by atoms with E-state index in [1.165, 1.54) is 59.6 Å². The minimum absolute atomic E-state index is 0.0258. The number of halogens is 5. The van der Waals surface area contributed by atoms with Crippen LogP contribution < -0.4 is 10.0 Å². The van der Waals surface area contributed by atoms with Crippen LogP contribution in [-0.2, 0) is 0 Å². The van der Waals surface area contributed by atoms with Crippen LogP contribution in [-0.4, -0.2) is 28.6 Å². The topological polar surface area (TPSA) is 47.2 Å². The van der Waals surface area contributed by atoms with Crippen molar-refractivity contribution in [1.82, 2.24) is 14.4 Å². The molecule has 3 aromatic rings. The fraction of sp³-hybridized carbons (Fsp3) is 0.0952. The quantitative estimate of drug-likeness (QED) is 0.276. The molecule has 0 bridgehead atoms. The summed E-state index contributed by atoms with van der Waals surface area (Å²) in [5, 5.41) is 8.53. The molecule has 0 aliphatic carbocycles. The number of allylic oxidation sites excluding steroid dienone is 1. The van der Waals surface area contributed by atoms with Gasteiger partial charge in [0.25, 0.3) is 0 Å². The van der Waals surface area contributed by atoms with Crippen molar-refractivity contribution in [1.29, 1.82) is 0 Å². The van der Waals surface area contributed by atoms with Crippen molar-refractivity contribution in [2.24, 2.45) is 5.10 Å². The minimum atomic E-state index is -4.44. The van der Waals surface area contributed by atoms with E-state index in [-0.39, 0.29) is 38.8 Å². The molecule has 0 fully saturated rings. The number of benzene rings is 2. The molecule has 2 aromatic carbocycles. The first-order valence-electron chi connectivity index (χ1n) is 9.12. The molecule has 0 saturated heterocycles. The Morgan fingerprint density at radius 3 is 2.62 bits per heavy atom. The number of nitrogens with zero attached hydrogens (tertiary/aromatic N) is 4. The summed E-state index contributed by atoms with van der Waals surface area (Å²) in [7, 11) is 1.57. The molecular weight excluding hydrogens is 468 g/mol. The minimum Gasteiger partial charge on any atom is -0.287 e. The molecule has 5 nitrogen and oxygen atoms in total. The average Bonchev–Trinajstić information content (AvgIpc) is 3.11. The number of quaternary nitrogens is 1. The van der Waals surface area contributed by atoms with E-state index in [4.69, 9.17) is 11.6 Å². The summed E-state index contributed by atoms with van der Waals surface area (Å²) in [4.78, 5) is 12.6. The zero-order valence-electron chi connectivity index (χ0n) is 16.3. The molecule has 0 radical (unpaired) electrons. The van der Waals surface area contributed by atoms with E-state index in [0.29, 0.717) is 5.69 Å². The summed E-state index contributed by atoms with van der Waals surface area (Å²) in [6.07, 6.45) is 4.31. The van der Waals surface area contributed by atoms with E-state index in [0.717, 1.165) is 0 Å². The van der Waals surface area contributed by atoms with Gasteiger partial charge in [-0.1, -0.05) is 28.8 Å². The molecule has 32 heavy (non-hydrogen) atoms. The van der Waals surface area contributed by atoms with Gasteiger partial charge in [-0.05, 0) is 36.0 Å². The van der Waals surface area contributed by atoms with Gasteiger partial charge in [0.1, 0.15) is 7.05 Å². The van der Waals surface area contributed by atoms with Crippen molar-refractivity contribution in [3.05, 3.63) is 87.6 Å². The Morgan fingerprint density at radius 2 is 1.88 bits per heavy atom. The lowest BCUT2D eigenvalue weighted by Crippen LogP contribution is -2.38. The lowest BCUT2D eigenvalue weighted by molar-refractivity contribution is -0.0328. The number of thioether (sulfide) groups is 1. The summed E-state index contributed by atoms with van der Waals surface area (Å²) >= 11 is 5.68. The maximum absolute atomic E-state index is 14.8. The Morgan fingerprint density at radius 1 is 1.12 bits per heavy atom. The van der Waals surface area contributed by atoms with Crippen LogP contribution in [0.3, 0.4) is 0 Å². The summed E-state index contributed by atoms with van der Waals surface area (Å²) in [5.41, 5.74) is -4.20. The molecule has 2 heterocycles. The Labute approximate surface area is 188 Å². The maximum atomic E-state index is 14.8. The summed E-state index contributed by atoms with van der Waals surface area (Å²) in [5.74, 6) is -0.685. The van der Waals surface area contributed by atoms with Gasteiger partial charge in [0.15, 0.2) is 11.4 Å². The zero-order valence-corrected chi connectivity index (χ0v) is 17.9. The molecule has 1 atom stereocenters. The van der Waals surface area contributed by atoms with Crippen LogP contribution in [0, 0.1) is 5.82 Å². The fourth-order valence-electron chi connectivity index (χ4n) is 3.30. The van der Waals surface area contributed by atoms with Crippen molar-refractivity contribution < 1.29 is 17.6 Å². The van der Waals surface area contributed by atoms with Gasteiger partial charge < -0.3 is 0 Å². The first kappa shape index (κ1) is 22.3. The largest absolute Gasteiger partial charge is 0.446 e. The van der Waals surface area contributed by atoms with Gasteiger partial charge in [0.05, 0.1) is 16.9 Å². The molecule has 1 aromatic heterocycles. The molecule has 1 unspecified atom stereocenters. The molecule has 1 aliphatic heterocycles. The van der Waals surface area contributed by atoms with Gasteiger partial charge in [0, 0.05) is 29.3 Å². The predicted molar refractivity (Wildman–Crippen MR) is 117 cm³/mol. The van der Waals surface area contributed by atoms with Gasteiger partial charge in [0.2, 0.25) is 16.9 Å². The lowest BCUT2D eigenvalue weighted by Gasteiger charge is -2.26. The fourth-order valence-corrected chi connectivity index (χ4v) is 4.07. The smallest absolute Gasteiger partial charge is 0.287 e. The lowest BCUT2D eigenvalue weighted by atomic mass is 10.2. The average molecular weight is 482 g/mol. The van der Waals surface area contributed by atoms with Crippen LogP contribution in [0.5, 0.6) is 0 Å². The number of hydrogen-bond acceptors (Lipinski definition) is 4. The Bertz CT molecular complexity index is 1320. The summed E-state index contributed by atoms with van der Waals surface area (Å²) < 4.78 is 53.8. The van der Waals surface area contributed by atoms with Crippen LogP contribution in [0.4, 0.5) is 23.2 Å². The normalized spacial score (nSPS) is 18.1. The first-order chi connectivity index (χ1) is 15.1. The molecule has 0 saturated carbocycles. The Hall–Kier alpha value is -2.95. The van der Waals surface area contributed by atoms with Gasteiger partial charge in [-0.3, -0.25) is 4.79 Å². The van der Waals surface area contributed by atoms with Crippen molar-refractivity contribution in [3.8, 4) is 5.69 Å². The van der Waals surface area contributed by atoms with Crippen LogP contribution in [0.25, 0.3) is 11.4 Å². The van der Waals surface area contributed by atoms with Crippen molar-refractivity contribution >= 4 is 41.0 Å². The zero-order chi connectivity index (χ0) is 23.1. The number of rotatable bonds is 4. The van der Waals surface area contributed by atoms with E-state index in [1.807, 2.05) is 0 Å². The van der Waals surface area contributed by atoms with Crippen LogP contribution >= 0.6 is 23.4 Å². The van der Waals surface area contributed by atoms with E-state index in [1.54, 1.807) is 19.2 Å². The van der Waals surface area contributed by atoms with Crippen molar-refractivity contribution in [2.75, 3.05) is 7.05 Å². The third-order valence-electron chi connectivity index (χ3n) is 4.77. The summed E-state index contributed by atoms with van der Waals surface area (Å²) in [6, 6.07) is 11.4. The Kier molecular flexibility index (Phi) is 5.70. The number of alkyl halides is 3. The predicted octanol–water partition coefficient (Wildman–Crippen LogP) is 5.61. The molecule has 0 amide bonds. The molecule has 1 aliphatic rings. The molecule has 0 N–H and O–H groups in total. The SMILES string of the molecule is C[N+]1(c2cccc(Cl)c2F)N=CC=C1c1nn(-c2cccc(SC(F)(F)F)c2)ccc1=O. The highest BCUT2D eigenvalue weighted by Crippen LogP contribution is 2.39. The number of aromatic nitrogens is 2. The van der Waals surface area contributed by atoms with Gasteiger partial charge in [-0.25, -0.2) is 4.68 Å². The van der Waals surface area contributed by atoms with Crippen molar-refractivity contribution in [2.45, 2.75) is 10.4 Å². The monoisotopic (exact) mass is 481 g/mol. The second-order valence-electron chi connectivity index (χ2n) is 6.87. The van der Waals surface area contributed by atoms with Crippen LogP contribution in [0.2, 0.25) is 5.02 Å². The van der Waals surface area contributed by atoms with Gasteiger partial charge in [-0.15, -0.1) is 4.59 Å². The third-order valence-corrected chi connectivity index (χ3v) is 5.78. The molecule has 4 rings (SSSR count). The molecule has 11 heteroatoms. The van der Waals surface area contributed by atoms with Crippen molar-refractivity contribution in [3.63, 3.8) is 0 Å². The highest BCUT2D eigenvalue weighted by molar-refractivity contribution is 8.00. The standard InChI is InChI=1S/C21H14ClF4N4OS/c1-30(16-7-3-6-15(22)19(16)23)17(8-10-27-30)20-18(31)9-11-29(28-20)13-4-2-5-14(12-13)32-21(24,25)26/h2-12H,1H3/q+1. The summed E-state index contributed by atoms with van der Waals surface area (Å²) in [6.45, 7) is 0. The van der Waals surface area contributed by atoms with E-state index < -0.39 is 21.3 Å². The number of hydrogen-bond donors (Lipinski definition) is 0. The van der Waals surface area contributed by atoms with Gasteiger partial charge >= 0.3 is 5.51 Å². The first-order valence-corrected chi connectivity index (χ1v) is 10.3. The molecule has 164 valence electrons. The van der Waals surface area contributed by atoms with Crippen LogP contribution in [0.15, 0.2) is 75.6 Å². The Balaban J connectivity index is 1.78. The third kappa shape index (κ3) is 4.21. The maximum Gasteiger partial charge on any atom is 0.446 e. The molecular formula is C21H14ClF4N4OS+. The second kappa shape index (κ2) is 8.19. The second-order valence-corrected chi connectivity index (χ2v) is 8.41. The van der Waals surface area contributed by atoms with E-state index in [9.17, 15) is 22.4 Å². The molecule has 0 spiro atoms. The van der Waals surface area contributed by atoms with E-state index >= 15 is 0 Å². The van der Waals surface area contributed by atoms with E-state index in [2.05, 4.69) is 10.2 Å². The van der Waals surface area contributed by atoms with Crippen LogP contribution in [0.1, 0.15) is 5.69 Å². The van der Waals surface area contributed by atoms with Gasteiger partial charge in [-0.2, -0.15) is 22.7 Å². The highest BCUT2D eigenvalue weighted by atomic mass is 35.5.